The number of rotatable bonds is 48. The van der Waals surface area contributed by atoms with Gasteiger partial charge in [-0.05, 0) is 30.9 Å². The van der Waals surface area contributed by atoms with E-state index in [0.29, 0.717) is 12.8 Å². The number of esters is 2. The summed E-state index contributed by atoms with van der Waals surface area (Å²) in [5, 5.41) is 19.2. The predicted octanol–water partition coefficient (Wildman–Crippen LogP) is 16.7. The zero-order valence-electron chi connectivity index (χ0n) is 57.3. The molecule has 6 N–H and O–H groups in total. The molecule has 19 nitrogen and oxygen atoms in total. The number of carbonyl (C=O) groups is 3. The van der Waals surface area contributed by atoms with E-state index in [1.165, 1.54) is 221 Å². The lowest BCUT2D eigenvalue weighted by molar-refractivity contribution is -0.167. The van der Waals surface area contributed by atoms with Gasteiger partial charge < -0.3 is 40.6 Å². The maximum Gasteiger partial charge on any atom is 0.312 e. The molecule has 0 bridgehead atoms. The molecule has 0 amide bonds. The first-order valence-electron chi connectivity index (χ1n) is 36.1. The average molecular weight is 1340 g/mol. The fraction of sp³-hybridized carbons (Fsp3) is 0.764. The Kier molecular flexibility index (Phi) is 40.7. The molecule has 0 spiro atoms. The molecule has 0 aromatic carbocycles. The Bertz CT molecular complexity index is 2850. The highest BCUT2D eigenvalue weighted by molar-refractivity contribution is 6.63. The number of nitrogen functional groups attached to an aromatic ring is 2. The zero-order valence-corrected chi connectivity index (χ0v) is 58.0. The number of ether oxygens (including phenoxy) is 4. The van der Waals surface area contributed by atoms with Crippen LogP contribution in [0.2, 0.25) is 0 Å². The van der Waals surface area contributed by atoms with Gasteiger partial charge in [0.15, 0.2) is 39.6 Å². The number of unbranched alkanes of at least 4 members (excludes halogenated alkanes) is 36. The van der Waals surface area contributed by atoms with Crippen LogP contribution in [0, 0.1) is 36.8 Å². The molecule has 2 fully saturated rings. The van der Waals surface area contributed by atoms with Gasteiger partial charge in [-0.15, -0.1) is 12.8 Å². The minimum Gasteiger partial charge on any atom is -0.461 e. The molecule has 94 heavy (non-hydrogen) atoms. The number of hydrogen-bond donors (Lipinski definition) is 4. The van der Waals surface area contributed by atoms with Crippen molar-refractivity contribution < 1.29 is 52.3 Å². The Morgan fingerprint density at radius 1 is 0.543 bits per heavy atom. The molecular formula is C72H115ClF2N10O9. The summed E-state index contributed by atoms with van der Waals surface area (Å²) in [7, 11) is 0. The maximum atomic E-state index is 14.2. The maximum absolute atomic E-state index is 14.2. The van der Waals surface area contributed by atoms with Crippen LogP contribution >= 0.6 is 11.6 Å². The molecule has 6 heterocycles. The van der Waals surface area contributed by atoms with Crippen LogP contribution in [-0.4, -0.2) is 103 Å². The number of halogens is 3. The highest BCUT2D eigenvalue weighted by Gasteiger charge is 2.53. The van der Waals surface area contributed by atoms with Crippen molar-refractivity contribution >= 4 is 62.7 Å². The van der Waals surface area contributed by atoms with Gasteiger partial charge in [0.2, 0.25) is 10.8 Å². The normalized spacial score (nSPS) is 19.1. The molecule has 4 aromatic rings. The van der Waals surface area contributed by atoms with Gasteiger partial charge >= 0.3 is 24.1 Å². The summed E-state index contributed by atoms with van der Waals surface area (Å²) >= 11 is 5.28. The van der Waals surface area contributed by atoms with Gasteiger partial charge in [-0.25, -0.2) is 9.97 Å². The number of nitrogens with zero attached hydrogens (tertiary/aromatic N) is 8. The first kappa shape index (κ1) is 80.9. The van der Waals surface area contributed by atoms with Crippen LogP contribution in [0.15, 0.2) is 12.7 Å². The van der Waals surface area contributed by atoms with Crippen LogP contribution in [0.3, 0.4) is 0 Å². The standard InChI is InChI=1S/C44H72FN5O5.C16H31ClO.C12H12FN5O3/c1-4-7-9-11-13-15-17-19-21-23-25-27-29-31-38(51)53-34-44(6-3)36(33-37(55-44)50-35-47-40-41(46)48-43(45)49-42(40)50)54-39(52)32-30-28-26-24-22-20-18-16-14-12-10-8-5-2;1-2-3-4-5-6-7-8-9-10-11-12-13-14-15-16(17)18;1-2-12(4-19)6(20)3-7(21-12)18-5-15-8-9(14)16-11(13)17-10(8)18/h3,35-37H,4-5,7-34H2,1-2H3,(H2,46,48,49);2-15H2,1H3;1,5-7,19-20H,3-4H2,(H2,14,16,17)/t36-,37+,44+;;6-,7+,12+/m0.0/s1. The largest absolute Gasteiger partial charge is 0.461 e. The van der Waals surface area contributed by atoms with Crippen molar-refractivity contribution in [3.63, 3.8) is 0 Å². The third-order valence-corrected chi connectivity index (χ3v) is 18.1. The van der Waals surface area contributed by atoms with Gasteiger partial charge in [0, 0.05) is 32.1 Å². The van der Waals surface area contributed by atoms with E-state index in [0.717, 1.165) is 44.9 Å². The monoisotopic (exact) mass is 1340 g/mol. The second-order valence-corrected chi connectivity index (χ2v) is 26.2. The van der Waals surface area contributed by atoms with Gasteiger partial charge in [0.25, 0.3) is 0 Å². The number of imidazole rings is 2. The van der Waals surface area contributed by atoms with Crippen molar-refractivity contribution in [2.45, 2.75) is 339 Å². The highest BCUT2D eigenvalue weighted by atomic mass is 35.5. The van der Waals surface area contributed by atoms with Gasteiger partial charge in [-0.3, -0.25) is 23.5 Å². The van der Waals surface area contributed by atoms with Gasteiger partial charge in [0.05, 0.1) is 19.3 Å². The lowest BCUT2D eigenvalue weighted by atomic mass is 9.98. The van der Waals surface area contributed by atoms with E-state index in [1.807, 2.05) is 0 Å². The Hall–Kier alpha value is -5.58. The first-order valence-corrected chi connectivity index (χ1v) is 36.4. The third kappa shape index (κ3) is 29.4. The van der Waals surface area contributed by atoms with Crippen molar-refractivity contribution in [2.24, 2.45) is 0 Å². The Morgan fingerprint density at radius 2 is 0.872 bits per heavy atom. The highest BCUT2D eigenvalue weighted by Crippen LogP contribution is 2.41. The number of hydrogen-bond acceptors (Lipinski definition) is 17. The summed E-state index contributed by atoms with van der Waals surface area (Å²) in [4.78, 5) is 59.2. The van der Waals surface area contributed by atoms with E-state index in [-0.39, 0.29) is 83.4 Å². The summed E-state index contributed by atoms with van der Waals surface area (Å²) in [6.45, 7) is 5.94. The molecule has 22 heteroatoms. The summed E-state index contributed by atoms with van der Waals surface area (Å²) < 4.78 is 53.9. The van der Waals surface area contributed by atoms with Gasteiger partial charge in [-0.1, -0.05) is 264 Å². The van der Waals surface area contributed by atoms with E-state index in [4.69, 9.17) is 54.9 Å². The first-order chi connectivity index (χ1) is 45.6. The predicted molar refractivity (Wildman–Crippen MR) is 368 cm³/mol. The average Bonchev–Trinajstić information content (AvgIpc) is 1.62. The fourth-order valence-corrected chi connectivity index (χ4v) is 12.3. The van der Waals surface area contributed by atoms with Crippen molar-refractivity contribution in [2.75, 3.05) is 24.7 Å². The Balaban J connectivity index is 0.000000388. The number of nitrogens with two attached hydrogens (primary N) is 2. The molecule has 528 valence electrons. The van der Waals surface area contributed by atoms with E-state index in [9.17, 15) is 33.4 Å². The van der Waals surface area contributed by atoms with Crippen LogP contribution in [0.25, 0.3) is 22.3 Å². The molecule has 2 aliphatic heterocycles. The van der Waals surface area contributed by atoms with Crippen molar-refractivity contribution in [1.29, 1.82) is 0 Å². The molecule has 2 saturated heterocycles. The molecule has 0 radical (unpaired) electrons. The lowest BCUT2D eigenvalue weighted by Gasteiger charge is -2.28. The van der Waals surface area contributed by atoms with E-state index in [2.05, 4.69) is 62.5 Å². The van der Waals surface area contributed by atoms with Crippen LogP contribution in [0.1, 0.15) is 316 Å². The molecular weight excluding hydrogens is 1220 g/mol. The van der Waals surface area contributed by atoms with E-state index < -0.39 is 54.6 Å². The number of terminal acetylenes is 2. The number of fused-ring (bicyclic) bond motifs is 2. The number of aliphatic hydroxyl groups is 2. The van der Waals surface area contributed by atoms with Crippen LogP contribution in [0.4, 0.5) is 20.4 Å². The SMILES string of the molecule is C#C[C@]1(CO)O[C@@H](n2cnc3c(N)nc(F)nc32)C[C@@H]1O.C#C[C@]1(COC(=O)CCCCCCCCCCCCCCC)O[C@@H](n2cnc3c(N)nc(F)nc32)C[C@@H]1OC(=O)CCCCCCCCCCCCCCC.CCCCCCCCCCCCCCCC(=O)Cl. The quantitative estimate of drug-likeness (QED) is 0.0105. The van der Waals surface area contributed by atoms with Crippen molar-refractivity contribution in [1.82, 2.24) is 39.0 Å². The molecule has 0 unspecified atom stereocenters. The molecule has 6 rings (SSSR count). The van der Waals surface area contributed by atoms with Crippen molar-refractivity contribution in [3.05, 3.63) is 24.8 Å². The van der Waals surface area contributed by atoms with Crippen LogP contribution in [0.5, 0.6) is 0 Å². The topological polar surface area (TPSA) is 268 Å². The van der Waals surface area contributed by atoms with Gasteiger partial charge in [-0.2, -0.15) is 28.7 Å². The fourth-order valence-electron chi connectivity index (χ4n) is 12.2. The minimum absolute atomic E-state index is 0.0971. The van der Waals surface area contributed by atoms with Crippen LogP contribution in [-0.2, 0) is 33.3 Å². The second-order valence-electron chi connectivity index (χ2n) is 25.7. The Morgan fingerprint density at radius 3 is 1.21 bits per heavy atom. The number of aromatic nitrogens is 8. The van der Waals surface area contributed by atoms with Crippen LogP contribution < -0.4 is 11.5 Å². The zero-order chi connectivity index (χ0) is 68.2. The number of aliphatic hydroxyl groups excluding tert-OH is 2. The van der Waals surface area contributed by atoms with Gasteiger partial charge in [0.1, 0.15) is 31.3 Å². The summed E-state index contributed by atoms with van der Waals surface area (Å²) in [6, 6.07) is 0. The van der Waals surface area contributed by atoms with E-state index in [1.54, 1.807) is 0 Å². The molecule has 4 aromatic heterocycles. The third-order valence-electron chi connectivity index (χ3n) is 17.9. The summed E-state index contributed by atoms with van der Waals surface area (Å²) in [6.07, 6.45) is 58.8. The molecule has 6 atom stereocenters. The molecule has 0 saturated carbocycles. The summed E-state index contributed by atoms with van der Waals surface area (Å²) in [5.74, 6) is 3.93. The minimum atomic E-state index is -1.55. The lowest BCUT2D eigenvalue weighted by Crippen LogP contribution is -2.45. The number of anilines is 2. The second kappa shape index (κ2) is 47.4. The van der Waals surface area contributed by atoms with Crippen molar-refractivity contribution in [3.8, 4) is 24.7 Å². The molecule has 2 aliphatic rings. The number of carbonyl (C=O) groups excluding carboxylic acids is 3. The summed E-state index contributed by atoms with van der Waals surface area (Å²) in [5.41, 5.74) is 9.09. The molecule has 0 aliphatic carbocycles. The smallest absolute Gasteiger partial charge is 0.312 e. The Labute approximate surface area is 564 Å². The van der Waals surface area contributed by atoms with E-state index >= 15 is 0 Å².